The van der Waals surface area contributed by atoms with Crippen molar-refractivity contribution in [3.8, 4) is 22.5 Å². The van der Waals surface area contributed by atoms with Crippen LogP contribution in [0.2, 0.25) is 0 Å². The summed E-state index contributed by atoms with van der Waals surface area (Å²) < 4.78 is 1.67. The van der Waals surface area contributed by atoms with Crippen molar-refractivity contribution in [3.63, 3.8) is 0 Å². The fourth-order valence-corrected chi connectivity index (χ4v) is 2.35. The number of hydrogen-bond donors (Lipinski definition) is 1. The van der Waals surface area contributed by atoms with Crippen LogP contribution in [0, 0.1) is 0 Å². The van der Waals surface area contributed by atoms with Crippen molar-refractivity contribution in [2.24, 2.45) is 0 Å². The van der Waals surface area contributed by atoms with E-state index in [0.717, 1.165) is 22.5 Å². The topological polar surface area (TPSA) is 55.1 Å². The van der Waals surface area contributed by atoms with Gasteiger partial charge in [-0.15, -0.1) is 0 Å². The number of carbonyl (C=O) groups is 1. The van der Waals surface area contributed by atoms with Crippen LogP contribution in [0.15, 0.2) is 67.0 Å². The number of benzene rings is 2. The average Bonchev–Trinajstić information content (AvgIpc) is 2.92. The second-order valence-electron chi connectivity index (χ2n) is 4.70. The monoisotopic (exact) mass is 301 g/mol. The molecule has 0 fully saturated rings. The van der Waals surface area contributed by atoms with Gasteiger partial charge in [0.05, 0.1) is 17.7 Å². The molecule has 0 radical (unpaired) electrons. The fraction of sp³-hybridized carbons (Fsp3) is 0.0588. The quantitative estimate of drug-likeness (QED) is 0.706. The Balaban J connectivity index is 0.00000176. The van der Waals surface area contributed by atoms with Crippen LogP contribution in [-0.2, 0) is 11.3 Å². The Hall–Kier alpha value is -1.88. The van der Waals surface area contributed by atoms with E-state index in [-0.39, 0.29) is 36.1 Å². The summed E-state index contributed by atoms with van der Waals surface area (Å²) in [6.07, 6.45) is 1.58. The summed E-state index contributed by atoms with van der Waals surface area (Å²) in [6, 6.07) is 19.5. The van der Waals surface area contributed by atoms with Crippen molar-refractivity contribution in [2.45, 2.75) is 6.54 Å². The predicted molar refractivity (Wildman–Crippen MR) is 80.7 cm³/mol. The Bertz CT molecular complexity index is 755. The van der Waals surface area contributed by atoms with Crippen LogP contribution >= 0.6 is 0 Å². The van der Waals surface area contributed by atoms with E-state index in [1.54, 1.807) is 10.9 Å². The first-order chi connectivity index (χ1) is 10.3. The first kappa shape index (κ1) is 16.5. The van der Waals surface area contributed by atoms with E-state index < -0.39 is 5.97 Å². The molecule has 0 aliphatic carbocycles. The molecule has 104 valence electrons. The van der Waals surface area contributed by atoms with Crippen LogP contribution in [0.1, 0.15) is 0 Å². The van der Waals surface area contributed by atoms with Crippen LogP contribution < -0.4 is 29.6 Å². The van der Waals surface area contributed by atoms with Crippen molar-refractivity contribution in [1.29, 1.82) is 0 Å². The molecule has 0 atom stereocenters. The van der Waals surface area contributed by atoms with Gasteiger partial charge < -0.3 is 9.67 Å². The molecule has 22 heavy (non-hydrogen) atoms. The summed E-state index contributed by atoms with van der Waals surface area (Å²) in [5, 5.41) is 9.07. The number of carboxylic acids is 1. The second kappa shape index (κ2) is 7.40. The maximum atomic E-state index is 11.0. The number of carboxylic acid groups (broad SMARTS) is 1. The molecule has 1 N–H and O–H groups in total. The largest absolute Gasteiger partial charge is 1.00 e. The fourth-order valence-electron chi connectivity index (χ4n) is 2.35. The van der Waals surface area contributed by atoms with E-state index in [1.165, 1.54) is 0 Å². The molecule has 5 heteroatoms. The van der Waals surface area contributed by atoms with Crippen molar-refractivity contribution < 1.29 is 39.5 Å². The number of imidazole rings is 1. The molecule has 0 bridgehead atoms. The number of aromatic nitrogens is 2. The van der Waals surface area contributed by atoms with E-state index in [2.05, 4.69) is 4.98 Å². The number of nitrogens with zero attached hydrogens (tertiary/aromatic N) is 2. The Morgan fingerprint density at radius 2 is 1.50 bits per heavy atom. The van der Waals surface area contributed by atoms with E-state index in [9.17, 15) is 4.79 Å². The zero-order valence-corrected chi connectivity index (χ0v) is 14.3. The van der Waals surface area contributed by atoms with Gasteiger partial charge in [0.25, 0.3) is 0 Å². The van der Waals surface area contributed by atoms with Crippen LogP contribution in [0.3, 0.4) is 0 Å². The van der Waals surface area contributed by atoms with E-state index in [4.69, 9.17) is 5.11 Å². The summed E-state index contributed by atoms with van der Waals surface area (Å²) in [4.78, 5) is 15.5. The molecule has 3 rings (SSSR count). The third-order valence-corrected chi connectivity index (χ3v) is 3.24. The van der Waals surface area contributed by atoms with Gasteiger partial charge in [0.15, 0.2) is 0 Å². The van der Waals surface area contributed by atoms with E-state index >= 15 is 0 Å². The Labute approximate surface area is 150 Å². The van der Waals surface area contributed by atoms with Gasteiger partial charge in [-0.05, 0) is 0 Å². The van der Waals surface area contributed by atoms with Crippen molar-refractivity contribution in [3.05, 3.63) is 67.0 Å². The molecule has 0 aliphatic rings. The number of hydrogen-bond acceptors (Lipinski definition) is 2. The number of aliphatic carboxylic acids is 1. The number of rotatable bonds is 4. The summed E-state index contributed by atoms with van der Waals surface area (Å²) in [5.74, 6) is -0.885. The molecule has 0 amide bonds. The Kier molecular flexibility index (Phi) is 5.55. The smallest absolute Gasteiger partial charge is 0.480 e. The van der Waals surface area contributed by atoms with Crippen LogP contribution in [0.5, 0.6) is 0 Å². The minimum atomic E-state index is -0.885. The van der Waals surface area contributed by atoms with E-state index in [0.29, 0.717) is 0 Å². The van der Waals surface area contributed by atoms with Crippen molar-refractivity contribution >= 4 is 5.97 Å². The molecule has 1 aromatic heterocycles. The predicted octanol–water partition coefficient (Wildman–Crippen LogP) is 0.306. The van der Waals surface area contributed by atoms with Gasteiger partial charge >= 0.3 is 35.5 Å². The molecule has 0 saturated carbocycles. The standard InChI is InChI=1S/C17H14N2O2.Na/c20-15(21)11-19-12-18-16(13-7-3-1-4-8-13)17(19)14-9-5-2-6-10-14;/h1-10,12H,11H2,(H,20,21);/q;+1. The minimum Gasteiger partial charge on any atom is -0.480 e. The molecule has 3 aromatic rings. The minimum absolute atomic E-state index is 0. The maximum absolute atomic E-state index is 11.0. The van der Waals surface area contributed by atoms with Gasteiger partial charge in [0.1, 0.15) is 6.54 Å². The van der Waals surface area contributed by atoms with Gasteiger partial charge in [-0.25, -0.2) is 4.98 Å². The zero-order chi connectivity index (χ0) is 14.7. The summed E-state index contributed by atoms with van der Waals surface area (Å²) >= 11 is 0. The van der Waals surface area contributed by atoms with Crippen molar-refractivity contribution in [1.82, 2.24) is 9.55 Å². The summed E-state index contributed by atoms with van der Waals surface area (Å²) in [7, 11) is 0. The van der Waals surface area contributed by atoms with Gasteiger partial charge in [0.2, 0.25) is 0 Å². The first-order valence-electron chi connectivity index (χ1n) is 6.63. The average molecular weight is 301 g/mol. The summed E-state index contributed by atoms with van der Waals surface area (Å²) in [6.45, 7) is -0.107. The molecular formula is C17H14N2NaO2+. The molecule has 4 nitrogen and oxygen atoms in total. The molecule has 0 unspecified atom stereocenters. The third-order valence-electron chi connectivity index (χ3n) is 3.24. The molecular weight excluding hydrogens is 287 g/mol. The van der Waals surface area contributed by atoms with Crippen LogP contribution in [0.4, 0.5) is 0 Å². The van der Waals surface area contributed by atoms with Crippen molar-refractivity contribution in [2.75, 3.05) is 0 Å². The molecule has 2 aromatic carbocycles. The Morgan fingerprint density at radius 1 is 0.955 bits per heavy atom. The normalized spacial score (nSPS) is 10.0. The van der Waals surface area contributed by atoms with Crippen LogP contribution in [0.25, 0.3) is 22.5 Å². The third kappa shape index (κ3) is 3.47. The summed E-state index contributed by atoms with van der Waals surface area (Å²) in [5.41, 5.74) is 3.54. The second-order valence-corrected chi connectivity index (χ2v) is 4.70. The maximum Gasteiger partial charge on any atom is 1.00 e. The Morgan fingerprint density at radius 3 is 2.05 bits per heavy atom. The first-order valence-corrected chi connectivity index (χ1v) is 6.63. The van der Waals surface area contributed by atoms with Crippen LogP contribution in [-0.4, -0.2) is 20.6 Å². The SMILES string of the molecule is O=C(O)Cn1cnc(-c2ccccc2)c1-c1ccccc1.[Na+]. The van der Waals surface area contributed by atoms with Gasteiger partial charge in [-0.1, -0.05) is 60.7 Å². The molecule has 0 spiro atoms. The van der Waals surface area contributed by atoms with Gasteiger partial charge in [-0.2, -0.15) is 0 Å². The molecule has 1 heterocycles. The zero-order valence-electron chi connectivity index (χ0n) is 12.3. The van der Waals surface area contributed by atoms with Gasteiger partial charge in [0, 0.05) is 11.1 Å². The van der Waals surface area contributed by atoms with E-state index in [1.807, 2.05) is 60.7 Å². The molecule has 0 aliphatic heterocycles. The van der Waals surface area contributed by atoms with Gasteiger partial charge in [-0.3, -0.25) is 4.79 Å². The molecule has 0 saturated heterocycles.